The number of alkyl halides is 2. The van der Waals surface area contributed by atoms with E-state index in [1.54, 1.807) is 0 Å². The molecule has 0 aromatic rings. The molecule has 2 saturated carbocycles. The van der Waals surface area contributed by atoms with Gasteiger partial charge < -0.3 is 4.90 Å². The van der Waals surface area contributed by atoms with E-state index in [-0.39, 0.29) is 5.91 Å². The molecule has 1 amide bonds. The van der Waals surface area contributed by atoms with Gasteiger partial charge in [0.1, 0.15) is 0 Å². The molecule has 2 aliphatic rings. The minimum absolute atomic E-state index is 0.254. The maximum Gasteiger partial charge on any atom is 0.222 e. The number of fused-ring (bicyclic) bond motifs is 2. The Morgan fingerprint density at radius 2 is 1.82 bits per heavy atom. The summed E-state index contributed by atoms with van der Waals surface area (Å²) in [5.41, 5.74) is 0. The monoisotopic (exact) mass is 277 g/mol. The highest BCUT2D eigenvalue weighted by atomic mass is 35.5. The molecule has 4 heteroatoms. The number of carbonyl (C=O) groups excluding carboxylic acids is 1. The van der Waals surface area contributed by atoms with E-state index in [2.05, 4.69) is 0 Å². The van der Waals surface area contributed by atoms with Gasteiger partial charge in [-0.05, 0) is 37.0 Å². The third-order valence-corrected chi connectivity index (χ3v) is 4.72. The van der Waals surface area contributed by atoms with Crippen molar-refractivity contribution in [3.05, 3.63) is 0 Å². The summed E-state index contributed by atoms with van der Waals surface area (Å²) in [4.78, 5) is 14.0. The van der Waals surface area contributed by atoms with E-state index in [1.165, 1.54) is 25.7 Å². The van der Waals surface area contributed by atoms with Crippen LogP contribution in [0.25, 0.3) is 0 Å². The van der Waals surface area contributed by atoms with Crippen LogP contribution in [0.3, 0.4) is 0 Å². The van der Waals surface area contributed by atoms with Crippen molar-refractivity contribution in [3.8, 4) is 0 Å². The van der Waals surface area contributed by atoms with E-state index < -0.39 is 0 Å². The summed E-state index contributed by atoms with van der Waals surface area (Å²) in [5, 5.41) is 0. The molecule has 0 spiro atoms. The van der Waals surface area contributed by atoms with Gasteiger partial charge >= 0.3 is 0 Å². The van der Waals surface area contributed by atoms with Crippen LogP contribution in [-0.4, -0.2) is 35.7 Å². The summed E-state index contributed by atoms with van der Waals surface area (Å²) >= 11 is 11.4. The van der Waals surface area contributed by atoms with Crippen molar-refractivity contribution in [2.45, 2.75) is 32.1 Å². The van der Waals surface area contributed by atoms with E-state index in [9.17, 15) is 4.79 Å². The van der Waals surface area contributed by atoms with Gasteiger partial charge in [-0.1, -0.05) is 6.42 Å². The molecule has 0 aromatic heterocycles. The molecule has 2 aliphatic carbocycles. The fraction of sp³-hybridized carbons (Fsp3) is 0.923. The Morgan fingerprint density at radius 1 is 1.12 bits per heavy atom. The van der Waals surface area contributed by atoms with Gasteiger partial charge in [0.05, 0.1) is 0 Å². The number of hydrogen-bond donors (Lipinski definition) is 0. The zero-order valence-corrected chi connectivity index (χ0v) is 11.7. The minimum atomic E-state index is 0.254. The Hall–Kier alpha value is 0.0500. The lowest BCUT2D eigenvalue weighted by atomic mass is 9.86. The van der Waals surface area contributed by atoms with Crippen molar-refractivity contribution in [2.75, 3.05) is 24.8 Å². The molecule has 2 rings (SSSR count). The molecule has 0 aliphatic heterocycles. The van der Waals surface area contributed by atoms with Crippen molar-refractivity contribution in [1.82, 2.24) is 4.90 Å². The number of amides is 1. The highest BCUT2D eigenvalue weighted by Crippen LogP contribution is 2.49. The van der Waals surface area contributed by atoms with Gasteiger partial charge in [0.25, 0.3) is 0 Å². The predicted octanol–water partition coefficient (Wildman–Crippen LogP) is 3.12. The molecule has 0 N–H and O–H groups in total. The quantitative estimate of drug-likeness (QED) is 0.684. The number of rotatable bonds is 6. The molecular weight excluding hydrogens is 257 g/mol. The highest BCUT2D eigenvalue weighted by molar-refractivity contribution is 6.18. The third kappa shape index (κ3) is 3.29. The first-order chi connectivity index (χ1) is 8.24. The summed E-state index contributed by atoms with van der Waals surface area (Å²) in [6.45, 7) is 1.27. The molecule has 2 nitrogen and oxygen atoms in total. The fourth-order valence-corrected chi connectivity index (χ4v) is 3.95. The summed E-state index contributed by atoms with van der Waals surface area (Å²) < 4.78 is 0. The van der Waals surface area contributed by atoms with Crippen LogP contribution >= 0.6 is 23.2 Å². The maximum absolute atomic E-state index is 12.2. The number of nitrogens with zero attached hydrogens (tertiary/aromatic N) is 1. The molecule has 98 valence electrons. The van der Waals surface area contributed by atoms with Gasteiger partial charge in [0.15, 0.2) is 0 Å². The zero-order chi connectivity index (χ0) is 12.3. The second kappa shape index (κ2) is 6.29. The summed E-state index contributed by atoms with van der Waals surface area (Å²) in [6, 6.07) is 0. The van der Waals surface area contributed by atoms with Gasteiger partial charge in [0, 0.05) is 31.3 Å². The van der Waals surface area contributed by atoms with Crippen LogP contribution in [-0.2, 0) is 4.79 Å². The average molecular weight is 278 g/mol. The Labute approximate surface area is 114 Å². The summed E-state index contributed by atoms with van der Waals surface area (Å²) in [5.74, 6) is 3.61. The van der Waals surface area contributed by atoms with E-state index >= 15 is 0 Å². The molecule has 2 bridgehead atoms. The van der Waals surface area contributed by atoms with Crippen LogP contribution in [0.2, 0.25) is 0 Å². The normalized spacial score (nSPS) is 30.8. The standard InChI is InChI=1S/C13H21Cl2NO/c14-3-5-16(6-4-15)13(17)9-12-8-10-1-2-11(12)7-10/h10-12H,1-9H2. The Kier molecular flexibility index (Phi) is 4.98. The van der Waals surface area contributed by atoms with Gasteiger partial charge in [-0.15, -0.1) is 23.2 Å². The molecule has 3 atom stereocenters. The van der Waals surface area contributed by atoms with Crippen molar-refractivity contribution in [2.24, 2.45) is 17.8 Å². The highest BCUT2D eigenvalue weighted by Gasteiger charge is 2.40. The molecule has 0 radical (unpaired) electrons. The zero-order valence-electron chi connectivity index (χ0n) is 10.2. The SMILES string of the molecule is O=C(CC1CC2CCC1C2)N(CCCl)CCCl. The predicted molar refractivity (Wildman–Crippen MR) is 71.6 cm³/mol. The van der Waals surface area contributed by atoms with E-state index in [0.717, 1.165) is 18.3 Å². The first-order valence-corrected chi connectivity index (χ1v) is 7.71. The van der Waals surface area contributed by atoms with E-state index in [0.29, 0.717) is 30.8 Å². The first kappa shape index (κ1) is 13.5. The Bertz CT molecular complexity index is 266. The second-order valence-electron chi connectivity index (χ2n) is 5.40. The lowest BCUT2D eigenvalue weighted by Gasteiger charge is -2.26. The van der Waals surface area contributed by atoms with Gasteiger partial charge in [-0.25, -0.2) is 0 Å². The van der Waals surface area contributed by atoms with Crippen molar-refractivity contribution in [3.63, 3.8) is 0 Å². The van der Waals surface area contributed by atoms with Crippen molar-refractivity contribution in [1.29, 1.82) is 0 Å². The van der Waals surface area contributed by atoms with Crippen LogP contribution in [0.15, 0.2) is 0 Å². The van der Waals surface area contributed by atoms with Gasteiger partial charge in [0.2, 0.25) is 5.91 Å². The number of hydrogen-bond acceptors (Lipinski definition) is 1. The molecule has 0 heterocycles. The van der Waals surface area contributed by atoms with Crippen LogP contribution in [0.1, 0.15) is 32.1 Å². The van der Waals surface area contributed by atoms with Gasteiger partial charge in [-0.2, -0.15) is 0 Å². The first-order valence-electron chi connectivity index (χ1n) is 6.64. The molecule has 0 aromatic carbocycles. The lowest BCUT2D eigenvalue weighted by molar-refractivity contribution is -0.132. The Morgan fingerprint density at radius 3 is 2.29 bits per heavy atom. The van der Waals surface area contributed by atoms with Gasteiger partial charge in [-0.3, -0.25) is 4.79 Å². The van der Waals surface area contributed by atoms with Crippen LogP contribution in [0.4, 0.5) is 0 Å². The van der Waals surface area contributed by atoms with Crippen LogP contribution in [0.5, 0.6) is 0 Å². The van der Waals surface area contributed by atoms with E-state index in [4.69, 9.17) is 23.2 Å². The number of halogens is 2. The smallest absolute Gasteiger partial charge is 0.222 e. The van der Waals surface area contributed by atoms with Crippen LogP contribution in [0, 0.1) is 17.8 Å². The molecule has 3 unspecified atom stereocenters. The van der Waals surface area contributed by atoms with Crippen LogP contribution < -0.4 is 0 Å². The maximum atomic E-state index is 12.2. The minimum Gasteiger partial charge on any atom is -0.340 e. The average Bonchev–Trinajstić information content (AvgIpc) is 2.90. The molecule has 2 fully saturated rings. The summed E-state index contributed by atoms with van der Waals surface area (Å²) in [6.07, 6.45) is 6.08. The van der Waals surface area contributed by atoms with Crippen molar-refractivity contribution < 1.29 is 4.79 Å². The largest absolute Gasteiger partial charge is 0.340 e. The molecular formula is C13H21Cl2NO. The Balaban J connectivity index is 1.82. The summed E-state index contributed by atoms with van der Waals surface area (Å²) in [7, 11) is 0. The topological polar surface area (TPSA) is 20.3 Å². The van der Waals surface area contributed by atoms with E-state index in [1.807, 2.05) is 4.90 Å². The lowest BCUT2D eigenvalue weighted by Crippen LogP contribution is -2.36. The van der Waals surface area contributed by atoms with Crippen molar-refractivity contribution >= 4 is 29.1 Å². The second-order valence-corrected chi connectivity index (χ2v) is 6.15. The number of carbonyl (C=O) groups is 1. The fourth-order valence-electron chi connectivity index (χ4n) is 3.55. The third-order valence-electron chi connectivity index (χ3n) is 4.38. The molecule has 17 heavy (non-hydrogen) atoms. The molecule has 0 saturated heterocycles.